The first-order valence-corrected chi connectivity index (χ1v) is 8.61. The fourth-order valence-electron chi connectivity index (χ4n) is 2.37. The molecule has 0 amide bonds. The molecule has 0 aliphatic heterocycles. The Labute approximate surface area is 159 Å². The van der Waals surface area contributed by atoms with Gasteiger partial charge in [-0.05, 0) is 35.4 Å². The summed E-state index contributed by atoms with van der Waals surface area (Å²) < 4.78 is 1.62. The van der Waals surface area contributed by atoms with Gasteiger partial charge in [0.1, 0.15) is 0 Å². The van der Waals surface area contributed by atoms with Crippen LogP contribution in [0.25, 0.3) is 0 Å². The summed E-state index contributed by atoms with van der Waals surface area (Å²) in [6.45, 7) is 0. The highest BCUT2D eigenvalue weighted by Gasteiger charge is 2.03. The molecule has 0 radical (unpaired) electrons. The fourth-order valence-corrected chi connectivity index (χ4v) is 2.37. The molecule has 7 nitrogen and oxygen atoms in total. The van der Waals surface area contributed by atoms with Gasteiger partial charge in [-0.15, -0.1) is 9.78 Å². The lowest BCUT2D eigenvalue weighted by Crippen LogP contribution is -2.24. The molecule has 0 spiro atoms. The van der Waals surface area contributed by atoms with Gasteiger partial charge in [0, 0.05) is 44.4 Å². The van der Waals surface area contributed by atoms with E-state index in [0.29, 0.717) is 0 Å². The summed E-state index contributed by atoms with van der Waals surface area (Å²) in [5.74, 6) is 0. The number of benzene rings is 2. The topological polar surface area (TPSA) is 52.9 Å². The Bertz CT molecular complexity index is 844. The van der Waals surface area contributed by atoms with Crippen molar-refractivity contribution in [3.8, 4) is 0 Å². The van der Waals surface area contributed by atoms with Crippen molar-refractivity contribution in [2.75, 3.05) is 38.0 Å². The Morgan fingerprint density at radius 3 is 1.85 bits per heavy atom. The third-order valence-corrected chi connectivity index (χ3v) is 3.99. The zero-order valence-electron chi connectivity index (χ0n) is 16.1. The molecular formula is C20H24N7+. The normalized spacial score (nSPS) is 11.4. The maximum Gasteiger partial charge on any atom is 0.291 e. The smallest absolute Gasteiger partial charge is 0.291 e. The summed E-state index contributed by atoms with van der Waals surface area (Å²) in [6.07, 6.45) is 6.86. The van der Waals surface area contributed by atoms with E-state index in [0.717, 1.165) is 22.5 Å². The predicted molar refractivity (Wildman–Crippen MR) is 110 cm³/mol. The van der Waals surface area contributed by atoms with Crippen LogP contribution in [-0.4, -0.2) is 50.5 Å². The molecule has 1 heterocycles. The molecule has 0 fully saturated rings. The summed E-state index contributed by atoms with van der Waals surface area (Å²) in [5.41, 5.74) is 4.33. The second-order valence-electron chi connectivity index (χ2n) is 6.51. The van der Waals surface area contributed by atoms with Gasteiger partial charge >= 0.3 is 0 Å². The van der Waals surface area contributed by atoms with Crippen molar-refractivity contribution < 1.29 is 4.68 Å². The highest BCUT2D eigenvalue weighted by molar-refractivity contribution is 5.80. The molecule has 0 aliphatic rings. The van der Waals surface area contributed by atoms with Gasteiger partial charge in [0.25, 0.3) is 12.7 Å². The van der Waals surface area contributed by atoms with Gasteiger partial charge in [0.2, 0.25) is 0 Å². The van der Waals surface area contributed by atoms with Gasteiger partial charge < -0.3 is 9.80 Å². The van der Waals surface area contributed by atoms with Crippen molar-refractivity contribution in [3.05, 3.63) is 72.3 Å². The average Bonchev–Trinajstić information content (AvgIpc) is 3.13. The van der Waals surface area contributed by atoms with E-state index in [4.69, 9.17) is 0 Å². The van der Waals surface area contributed by atoms with Crippen LogP contribution in [0.3, 0.4) is 0 Å². The van der Waals surface area contributed by atoms with Gasteiger partial charge in [-0.3, -0.25) is 0 Å². The first kappa shape index (κ1) is 18.3. The van der Waals surface area contributed by atoms with E-state index < -0.39 is 0 Å². The second kappa shape index (κ2) is 8.27. The summed E-state index contributed by atoms with van der Waals surface area (Å²) in [7, 11) is 8.07. The molecule has 3 rings (SSSR count). The Morgan fingerprint density at radius 1 is 0.815 bits per heavy atom. The number of aromatic nitrogens is 3. The summed E-state index contributed by atoms with van der Waals surface area (Å²) in [4.78, 5) is 5.60. The van der Waals surface area contributed by atoms with Gasteiger partial charge in [0.05, 0.1) is 17.5 Å². The molecule has 0 bridgehead atoms. The minimum atomic E-state index is 1.01. The molecule has 3 aromatic rings. The molecule has 138 valence electrons. The summed E-state index contributed by atoms with van der Waals surface area (Å²) in [6, 6.07) is 16.3. The SMILES string of the molecule is CN(C)c1ccc(/C=N/n2c[n+](/N=C/c3ccc(N(C)C)cc3)cn2)cc1. The van der Waals surface area contributed by atoms with Crippen molar-refractivity contribution in [3.63, 3.8) is 0 Å². The van der Waals surface area contributed by atoms with Crippen LogP contribution in [0, 0.1) is 0 Å². The molecule has 0 aliphatic carbocycles. The van der Waals surface area contributed by atoms with Crippen LogP contribution in [0.2, 0.25) is 0 Å². The van der Waals surface area contributed by atoms with Crippen molar-refractivity contribution in [2.24, 2.45) is 10.2 Å². The highest BCUT2D eigenvalue weighted by Crippen LogP contribution is 2.11. The number of rotatable bonds is 6. The Hall–Kier alpha value is -3.48. The van der Waals surface area contributed by atoms with Crippen molar-refractivity contribution in [2.45, 2.75) is 0 Å². The Morgan fingerprint density at radius 2 is 1.33 bits per heavy atom. The van der Waals surface area contributed by atoms with Crippen molar-refractivity contribution in [1.29, 1.82) is 0 Å². The molecular weight excluding hydrogens is 338 g/mol. The van der Waals surface area contributed by atoms with E-state index in [2.05, 4.69) is 49.4 Å². The monoisotopic (exact) mass is 362 g/mol. The van der Waals surface area contributed by atoms with Crippen molar-refractivity contribution in [1.82, 2.24) is 9.89 Å². The van der Waals surface area contributed by atoms with E-state index in [1.165, 1.54) is 4.79 Å². The van der Waals surface area contributed by atoms with E-state index >= 15 is 0 Å². The zero-order chi connectivity index (χ0) is 19.2. The lowest BCUT2D eigenvalue weighted by atomic mass is 10.2. The number of anilines is 2. The standard InChI is InChI=1S/C20H24N7/c1-24(2)19-9-5-17(6-10-19)13-21-26-15-23-27(16-26)22-14-18-7-11-20(12-8-18)25(3)4/h5-16H,1-4H3/q+1/b21-13+,22-14+. The molecule has 0 atom stereocenters. The minimum absolute atomic E-state index is 1.01. The van der Waals surface area contributed by atoms with Crippen LogP contribution in [0.5, 0.6) is 0 Å². The predicted octanol–water partition coefficient (Wildman–Crippen LogP) is 2.07. The highest BCUT2D eigenvalue weighted by atomic mass is 15.6. The van der Waals surface area contributed by atoms with E-state index in [1.807, 2.05) is 52.5 Å². The molecule has 7 heteroatoms. The lowest BCUT2D eigenvalue weighted by molar-refractivity contribution is -0.679. The quantitative estimate of drug-likeness (QED) is 0.498. The van der Waals surface area contributed by atoms with E-state index in [1.54, 1.807) is 29.8 Å². The Kier molecular flexibility index (Phi) is 5.61. The molecule has 0 saturated carbocycles. The van der Waals surface area contributed by atoms with Crippen LogP contribution in [0.15, 0.2) is 71.4 Å². The summed E-state index contributed by atoms with van der Waals surface area (Å²) in [5, 5.41) is 12.9. The van der Waals surface area contributed by atoms with Crippen LogP contribution in [-0.2, 0) is 0 Å². The molecule has 1 aromatic heterocycles. The largest absolute Gasteiger partial charge is 0.378 e. The van der Waals surface area contributed by atoms with Crippen LogP contribution < -0.4 is 14.5 Å². The molecule has 0 unspecified atom stereocenters. The number of hydrogen-bond donors (Lipinski definition) is 0. The zero-order valence-corrected chi connectivity index (χ0v) is 16.1. The maximum absolute atomic E-state index is 4.37. The third-order valence-electron chi connectivity index (χ3n) is 3.99. The average molecular weight is 362 g/mol. The van der Waals surface area contributed by atoms with Gasteiger partial charge in [-0.1, -0.05) is 29.4 Å². The van der Waals surface area contributed by atoms with E-state index in [9.17, 15) is 0 Å². The van der Waals surface area contributed by atoms with E-state index in [-0.39, 0.29) is 0 Å². The minimum Gasteiger partial charge on any atom is -0.378 e. The molecule has 0 N–H and O–H groups in total. The maximum atomic E-state index is 4.37. The molecule has 27 heavy (non-hydrogen) atoms. The third kappa shape index (κ3) is 5.01. The van der Waals surface area contributed by atoms with Crippen LogP contribution >= 0.6 is 0 Å². The number of nitrogens with zero attached hydrogens (tertiary/aromatic N) is 7. The first-order chi connectivity index (χ1) is 13.0. The van der Waals surface area contributed by atoms with Crippen LogP contribution in [0.1, 0.15) is 11.1 Å². The lowest BCUT2D eigenvalue weighted by Gasteiger charge is -2.11. The fraction of sp³-hybridized carbons (Fsp3) is 0.200. The van der Waals surface area contributed by atoms with Gasteiger partial charge in [-0.25, -0.2) is 0 Å². The van der Waals surface area contributed by atoms with Gasteiger partial charge in [-0.2, -0.15) is 0 Å². The second-order valence-corrected chi connectivity index (χ2v) is 6.51. The first-order valence-electron chi connectivity index (χ1n) is 8.61. The summed E-state index contributed by atoms with van der Waals surface area (Å²) >= 11 is 0. The molecule has 0 saturated heterocycles. The van der Waals surface area contributed by atoms with Crippen molar-refractivity contribution >= 4 is 23.8 Å². The molecule has 2 aromatic carbocycles. The van der Waals surface area contributed by atoms with Gasteiger partial charge in [0.15, 0.2) is 0 Å². The Balaban J connectivity index is 1.63. The van der Waals surface area contributed by atoms with Crippen LogP contribution in [0.4, 0.5) is 11.4 Å². The number of hydrogen-bond acceptors (Lipinski definition) is 5.